The molecular weight excluding hydrogens is 232 g/mol. The Labute approximate surface area is 104 Å². The van der Waals surface area contributed by atoms with Crippen LogP contribution in [0.5, 0.6) is 0 Å². The Morgan fingerprint density at radius 3 is 2.50 bits per heavy atom. The second-order valence-electron chi connectivity index (χ2n) is 3.73. The number of Topliss-reactive ketones (excluding diaryl/α,β-unsaturated/α-hetero) is 1. The number of carbonyl (C=O) groups is 2. The highest BCUT2D eigenvalue weighted by Crippen LogP contribution is 2.16. The van der Waals surface area contributed by atoms with Crippen LogP contribution in [0.3, 0.4) is 0 Å². The van der Waals surface area contributed by atoms with Gasteiger partial charge in [-0.15, -0.1) is 0 Å². The first-order valence-electron chi connectivity index (χ1n) is 5.43. The summed E-state index contributed by atoms with van der Waals surface area (Å²) >= 11 is 0. The summed E-state index contributed by atoms with van der Waals surface area (Å²) in [5.41, 5.74) is 0.512. The van der Waals surface area contributed by atoms with Crippen LogP contribution in [0.25, 0.3) is 10.8 Å². The highest BCUT2D eigenvalue weighted by molar-refractivity contribution is 6.01. The molecule has 2 aromatic rings. The summed E-state index contributed by atoms with van der Waals surface area (Å²) in [5.74, 6) is -0.258. The fourth-order valence-electron chi connectivity index (χ4n) is 1.63. The monoisotopic (exact) mass is 244 g/mol. The van der Waals surface area contributed by atoms with Crippen molar-refractivity contribution in [3.63, 3.8) is 0 Å². The van der Waals surface area contributed by atoms with Gasteiger partial charge >= 0.3 is 6.16 Å². The van der Waals surface area contributed by atoms with Crippen molar-refractivity contribution < 1.29 is 19.1 Å². The van der Waals surface area contributed by atoms with E-state index in [1.165, 1.54) is 7.11 Å². The van der Waals surface area contributed by atoms with Crippen LogP contribution in [0.1, 0.15) is 10.4 Å². The van der Waals surface area contributed by atoms with E-state index in [1.807, 2.05) is 30.3 Å². The van der Waals surface area contributed by atoms with Crippen LogP contribution in [0.2, 0.25) is 0 Å². The first kappa shape index (κ1) is 12.1. The predicted molar refractivity (Wildman–Crippen MR) is 66.6 cm³/mol. The van der Waals surface area contributed by atoms with Gasteiger partial charge in [-0.1, -0.05) is 36.4 Å². The summed E-state index contributed by atoms with van der Waals surface area (Å²) in [6.07, 6.45) is -0.857. The molecule has 0 aliphatic heterocycles. The highest BCUT2D eigenvalue weighted by atomic mass is 16.7. The zero-order chi connectivity index (χ0) is 13.0. The minimum Gasteiger partial charge on any atom is -0.438 e. The van der Waals surface area contributed by atoms with Gasteiger partial charge in [0.15, 0.2) is 12.4 Å². The molecule has 2 rings (SSSR count). The average molecular weight is 244 g/mol. The van der Waals surface area contributed by atoms with Gasteiger partial charge < -0.3 is 9.47 Å². The molecule has 18 heavy (non-hydrogen) atoms. The minimum atomic E-state index is -0.857. The Balaban J connectivity index is 2.15. The largest absolute Gasteiger partial charge is 0.508 e. The minimum absolute atomic E-state index is 0.258. The third-order valence-corrected chi connectivity index (χ3v) is 2.56. The van der Waals surface area contributed by atoms with Crippen molar-refractivity contribution in [1.29, 1.82) is 0 Å². The normalized spacial score (nSPS) is 10.1. The van der Waals surface area contributed by atoms with Crippen molar-refractivity contribution in [2.75, 3.05) is 13.7 Å². The van der Waals surface area contributed by atoms with Crippen LogP contribution in [0.4, 0.5) is 4.79 Å². The number of ether oxygens (including phenoxy) is 2. The van der Waals surface area contributed by atoms with E-state index in [0.29, 0.717) is 5.56 Å². The van der Waals surface area contributed by atoms with Gasteiger partial charge in [0.1, 0.15) is 0 Å². The molecule has 4 nitrogen and oxygen atoms in total. The van der Waals surface area contributed by atoms with E-state index in [-0.39, 0.29) is 12.4 Å². The smallest absolute Gasteiger partial charge is 0.438 e. The zero-order valence-electron chi connectivity index (χ0n) is 9.88. The van der Waals surface area contributed by atoms with Crippen LogP contribution in [-0.4, -0.2) is 25.7 Å². The Kier molecular flexibility index (Phi) is 3.57. The van der Waals surface area contributed by atoms with Crippen molar-refractivity contribution in [3.8, 4) is 0 Å². The average Bonchev–Trinajstić information content (AvgIpc) is 2.43. The highest BCUT2D eigenvalue weighted by Gasteiger charge is 2.10. The van der Waals surface area contributed by atoms with Crippen LogP contribution in [-0.2, 0) is 9.47 Å². The maximum Gasteiger partial charge on any atom is 0.508 e. The number of rotatable bonds is 3. The molecule has 0 fully saturated rings. The lowest BCUT2D eigenvalue weighted by atomic mass is 10.0. The summed E-state index contributed by atoms with van der Waals surface area (Å²) in [4.78, 5) is 22.5. The topological polar surface area (TPSA) is 52.6 Å². The summed E-state index contributed by atoms with van der Waals surface area (Å²) in [5, 5.41) is 2.03. The third-order valence-electron chi connectivity index (χ3n) is 2.56. The molecule has 0 aliphatic rings. The van der Waals surface area contributed by atoms with Gasteiger partial charge in [0.25, 0.3) is 0 Å². The number of fused-ring (bicyclic) bond motifs is 1. The van der Waals surface area contributed by atoms with Gasteiger partial charge in [-0.25, -0.2) is 4.79 Å². The quantitative estimate of drug-likeness (QED) is 0.615. The van der Waals surface area contributed by atoms with E-state index in [9.17, 15) is 9.59 Å². The Morgan fingerprint density at radius 2 is 1.78 bits per heavy atom. The first-order chi connectivity index (χ1) is 8.70. The fourth-order valence-corrected chi connectivity index (χ4v) is 1.63. The molecule has 0 radical (unpaired) electrons. The lowest BCUT2D eigenvalue weighted by Gasteiger charge is -2.04. The fraction of sp³-hybridized carbons (Fsp3) is 0.143. The molecule has 0 saturated carbocycles. The molecule has 4 heteroatoms. The van der Waals surface area contributed by atoms with E-state index >= 15 is 0 Å². The lowest BCUT2D eigenvalue weighted by molar-refractivity contribution is 0.0612. The molecular formula is C14H12O4. The second-order valence-corrected chi connectivity index (χ2v) is 3.73. The molecule has 92 valence electrons. The van der Waals surface area contributed by atoms with E-state index in [0.717, 1.165) is 10.8 Å². The van der Waals surface area contributed by atoms with Gasteiger partial charge in [0.05, 0.1) is 7.11 Å². The Morgan fingerprint density at radius 1 is 1.06 bits per heavy atom. The molecule has 0 bridgehead atoms. The number of carbonyl (C=O) groups excluding carboxylic acids is 2. The van der Waals surface area contributed by atoms with Crippen LogP contribution >= 0.6 is 0 Å². The van der Waals surface area contributed by atoms with E-state index < -0.39 is 6.16 Å². The Bertz CT molecular complexity index is 589. The second kappa shape index (κ2) is 5.31. The first-order valence-corrected chi connectivity index (χ1v) is 5.43. The van der Waals surface area contributed by atoms with Gasteiger partial charge in [0.2, 0.25) is 0 Å². The lowest BCUT2D eigenvalue weighted by Crippen LogP contribution is -2.13. The molecule has 0 aliphatic carbocycles. The maximum absolute atomic E-state index is 11.8. The zero-order valence-corrected chi connectivity index (χ0v) is 9.88. The van der Waals surface area contributed by atoms with Crippen LogP contribution in [0.15, 0.2) is 42.5 Å². The van der Waals surface area contributed by atoms with E-state index in [4.69, 9.17) is 0 Å². The molecule has 2 aromatic carbocycles. The molecule has 0 aromatic heterocycles. The van der Waals surface area contributed by atoms with Crippen molar-refractivity contribution in [2.45, 2.75) is 0 Å². The number of ketones is 1. The summed E-state index contributed by atoms with van der Waals surface area (Å²) in [6, 6.07) is 13.1. The number of benzene rings is 2. The summed E-state index contributed by atoms with van der Waals surface area (Å²) in [7, 11) is 1.20. The summed E-state index contributed by atoms with van der Waals surface area (Å²) < 4.78 is 8.90. The van der Waals surface area contributed by atoms with E-state index in [2.05, 4.69) is 9.47 Å². The SMILES string of the molecule is COC(=O)OCC(=O)c1ccc2ccccc2c1. The molecule has 0 heterocycles. The molecule has 0 atom stereocenters. The van der Waals surface area contributed by atoms with Crippen molar-refractivity contribution in [1.82, 2.24) is 0 Å². The van der Waals surface area contributed by atoms with Gasteiger partial charge in [-0.2, -0.15) is 0 Å². The molecule has 0 N–H and O–H groups in total. The van der Waals surface area contributed by atoms with Crippen molar-refractivity contribution in [3.05, 3.63) is 48.0 Å². The van der Waals surface area contributed by atoms with Crippen molar-refractivity contribution >= 4 is 22.7 Å². The summed E-state index contributed by atoms with van der Waals surface area (Å²) in [6.45, 7) is -0.314. The number of hydrogen-bond donors (Lipinski definition) is 0. The third kappa shape index (κ3) is 2.66. The van der Waals surface area contributed by atoms with Crippen molar-refractivity contribution in [2.24, 2.45) is 0 Å². The van der Waals surface area contributed by atoms with Gasteiger partial charge in [-0.3, -0.25) is 4.79 Å². The standard InChI is InChI=1S/C14H12O4/c1-17-14(16)18-9-13(15)12-7-6-10-4-2-3-5-11(10)8-12/h2-8H,9H2,1H3. The molecule has 0 saturated heterocycles. The van der Waals surface area contributed by atoms with E-state index in [1.54, 1.807) is 12.1 Å². The van der Waals surface area contributed by atoms with Crippen LogP contribution < -0.4 is 0 Å². The molecule has 0 unspecified atom stereocenters. The van der Waals surface area contributed by atoms with Gasteiger partial charge in [-0.05, 0) is 16.8 Å². The Hall–Kier alpha value is -2.36. The van der Waals surface area contributed by atoms with Gasteiger partial charge in [0, 0.05) is 5.56 Å². The predicted octanol–water partition coefficient (Wildman–Crippen LogP) is 2.81. The molecule has 0 spiro atoms. The number of hydrogen-bond acceptors (Lipinski definition) is 4. The van der Waals surface area contributed by atoms with Crippen LogP contribution in [0, 0.1) is 0 Å². The number of methoxy groups -OCH3 is 1. The maximum atomic E-state index is 11.8. The molecule has 0 amide bonds.